The molecular formula is C30H26N2O2. The molecular weight excluding hydrogens is 420 g/mol. The average molecular weight is 447 g/mol. The Morgan fingerprint density at radius 1 is 0.706 bits per heavy atom. The molecule has 1 aliphatic heterocycles. The topological polar surface area (TPSA) is 52.6 Å². The monoisotopic (exact) mass is 446 g/mol. The van der Waals surface area contributed by atoms with Gasteiger partial charge in [0.2, 0.25) is 0 Å². The second-order valence-corrected chi connectivity index (χ2v) is 8.38. The maximum Gasteiger partial charge on any atom is 0.335 e. The second-order valence-electron chi connectivity index (χ2n) is 8.38. The fourth-order valence-corrected chi connectivity index (χ4v) is 4.79. The zero-order valence-corrected chi connectivity index (χ0v) is 18.7. The van der Waals surface area contributed by atoms with E-state index in [-0.39, 0.29) is 6.04 Å². The van der Waals surface area contributed by atoms with Gasteiger partial charge in [-0.05, 0) is 35.4 Å². The number of nitrogens with zero attached hydrogens (tertiary/aromatic N) is 1. The van der Waals surface area contributed by atoms with Gasteiger partial charge in [0, 0.05) is 23.5 Å². The minimum absolute atomic E-state index is 0.0527. The first-order chi connectivity index (χ1) is 16.7. The molecule has 4 aromatic rings. The van der Waals surface area contributed by atoms with Crippen LogP contribution in [0, 0.1) is 0 Å². The van der Waals surface area contributed by atoms with Crippen molar-refractivity contribution in [2.24, 2.45) is 0 Å². The summed E-state index contributed by atoms with van der Waals surface area (Å²) in [7, 11) is 0. The zero-order chi connectivity index (χ0) is 23.3. The lowest BCUT2D eigenvalue weighted by molar-refractivity contribution is -0.133. The third kappa shape index (κ3) is 4.30. The highest BCUT2D eigenvalue weighted by Crippen LogP contribution is 2.47. The quantitative estimate of drug-likeness (QED) is 0.341. The fraction of sp³-hybridized carbons (Fsp3) is 0.100. The molecule has 34 heavy (non-hydrogen) atoms. The van der Waals surface area contributed by atoms with E-state index in [1.54, 1.807) is 0 Å². The van der Waals surface area contributed by atoms with Crippen LogP contribution in [0.1, 0.15) is 29.6 Å². The number of hydrogen-bond donors (Lipinski definition) is 2. The first-order valence-corrected chi connectivity index (χ1v) is 11.4. The van der Waals surface area contributed by atoms with Crippen molar-refractivity contribution in [2.45, 2.75) is 18.5 Å². The van der Waals surface area contributed by atoms with Gasteiger partial charge in [-0.3, -0.25) is 0 Å². The van der Waals surface area contributed by atoms with E-state index in [4.69, 9.17) is 0 Å². The van der Waals surface area contributed by atoms with E-state index in [9.17, 15) is 9.90 Å². The third-order valence-corrected chi connectivity index (χ3v) is 6.26. The van der Waals surface area contributed by atoms with Crippen LogP contribution in [-0.2, 0) is 4.79 Å². The van der Waals surface area contributed by atoms with Crippen molar-refractivity contribution in [1.82, 2.24) is 0 Å². The lowest BCUT2D eigenvalue weighted by atomic mass is 9.84. The number of benzene rings is 4. The highest BCUT2D eigenvalue weighted by Gasteiger charge is 2.41. The van der Waals surface area contributed by atoms with E-state index in [1.807, 2.05) is 97.1 Å². The van der Waals surface area contributed by atoms with E-state index >= 15 is 0 Å². The molecule has 0 bridgehead atoms. The molecule has 0 saturated heterocycles. The molecule has 4 aromatic carbocycles. The van der Waals surface area contributed by atoms with Crippen molar-refractivity contribution in [3.63, 3.8) is 0 Å². The van der Waals surface area contributed by atoms with Gasteiger partial charge < -0.3 is 15.3 Å². The number of hydrogen-bond acceptors (Lipinski definition) is 3. The first kappa shape index (κ1) is 21.5. The normalized spacial score (nSPS) is 17.9. The van der Waals surface area contributed by atoms with Crippen molar-refractivity contribution in [1.29, 1.82) is 0 Å². The molecule has 0 spiro atoms. The van der Waals surface area contributed by atoms with Crippen LogP contribution in [-0.4, -0.2) is 11.1 Å². The van der Waals surface area contributed by atoms with E-state index in [0.717, 1.165) is 28.2 Å². The molecule has 0 radical (unpaired) electrons. The SMILES string of the molecule is O=C(O)C1=C(Nc2ccccc2)CC(c2ccccc2)N(c2ccccc2)C1c1ccccc1. The number of carboxylic acid groups (broad SMARTS) is 1. The summed E-state index contributed by atoms with van der Waals surface area (Å²) < 4.78 is 0. The maximum absolute atomic E-state index is 12.8. The van der Waals surface area contributed by atoms with Crippen LogP contribution in [0.5, 0.6) is 0 Å². The summed E-state index contributed by atoms with van der Waals surface area (Å²) in [6.07, 6.45) is 0.540. The average Bonchev–Trinajstić information content (AvgIpc) is 2.90. The largest absolute Gasteiger partial charge is 0.478 e. The van der Waals surface area contributed by atoms with E-state index < -0.39 is 12.0 Å². The molecule has 2 unspecified atom stereocenters. The lowest BCUT2D eigenvalue weighted by Crippen LogP contribution is -2.41. The van der Waals surface area contributed by atoms with Gasteiger partial charge in [0.25, 0.3) is 0 Å². The third-order valence-electron chi connectivity index (χ3n) is 6.26. The Labute approximate surface area is 199 Å². The van der Waals surface area contributed by atoms with Crippen molar-refractivity contribution in [3.05, 3.63) is 144 Å². The van der Waals surface area contributed by atoms with Gasteiger partial charge in [-0.15, -0.1) is 0 Å². The number of aliphatic carboxylic acids is 1. The molecule has 1 heterocycles. The Balaban J connectivity index is 1.75. The number of carboxylic acids is 1. The van der Waals surface area contributed by atoms with Crippen LogP contribution in [0.15, 0.2) is 133 Å². The lowest BCUT2D eigenvalue weighted by Gasteiger charge is -2.45. The van der Waals surface area contributed by atoms with Crippen LogP contribution in [0.2, 0.25) is 0 Å². The van der Waals surface area contributed by atoms with Gasteiger partial charge in [0.05, 0.1) is 17.7 Å². The van der Waals surface area contributed by atoms with E-state index in [0.29, 0.717) is 12.0 Å². The molecule has 2 atom stereocenters. The van der Waals surface area contributed by atoms with Gasteiger partial charge in [-0.25, -0.2) is 4.79 Å². The van der Waals surface area contributed by atoms with Crippen LogP contribution >= 0.6 is 0 Å². The molecule has 1 aliphatic rings. The number of nitrogens with one attached hydrogen (secondary N) is 1. The smallest absolute Gasteiger partial charge is 0.335 e. The molecule has 0 saturated carbocycles. The Morgan fingerprint density at radius 2 is 1.21 bits per heavy atom. The highest BCUT2D eigenvalue weighted by molar-refractivity contribution is 5.92. The van der Waals surface area contributed by atoms with Crippen molar-refractivity contribution in [2.75, 3.05) is 10.2 Å². The standard InChI is InChI=1S/C30H26N2O2/c33-30(34)28-26(31-24-17-9-3-10-18-24)21-27(22-13-5-1-6-14-22)32(25-19-11-4-12-20-25)29(28)23-15-7-2-8-16-23/h1-20,27,29,31H,21H2,(H,33,34). The van der Waals surface area contributed by atoms with Crippen LogP contribution in [0.25, 0.3) is 0 Å². The molecule has 168 valence electrons. The molecule has 0 aromatic heterocycles. The van der Waals surface area contributed by atoms with Gasteiger partial charge >= 0.3 is 5.97 Å². The number of para-hydroxylation sites is 2. The van der Waals surface area contributed by atoms with Gasteiger partial charge in [-0.2, -0.15) is 0 Å². The van der Waals surface area contributed by atoms with Crippen LogP contribution < -0.4 is 10.2 Å². The minimum atomic E-state index is -0.917. The minimum Gasteiger partial charge on any atom is -0.478 e. The number of rotatable bonds is 6. The van der Waals surface area contributed by atoms with Gasteiger partial charge in [-0.1, -0.05) is 97.1 Å². The molecule has 0 amide bonds. The van der Waals surface area contributed by atoms with Crippen molar-refractivity contribution >= 4 is 17.3 Å². The van der Waals surface area contributed by atoms with Gasteiger partial charge in [0.1, 0.15) is 0 Å². The Morgan fingerprint density at radius 3 is 1.76 bits per heavy atom. The second kappa shape index (κ2) is 9.67. The molecule has 4 nitrogen and oxygen atoms in total. The predicted octanol–water partition coefficient (Wildman–Crippen LogP) is 6.83. The van der Waals surface area contributed by atoms with Gasteiger partial charge in [0.15, 0.2) is 0 Å². The fourth-order valence-electron chi connectivity index (χ4n) is 4.79. The summed E-state index contributed by atoms with van der Waals surface area (Å²) in [5, 5.41) is 14.0. The molecule has 4 heteroatoms. The van der Waals surface area contributed by atoms with Crippen molar-refractivity contribution in [3.8, 4) is 0 Å². The Kier molecular flexibility index (Phi) is 6.13. The summed E-state index contributed by atoms with van der Waals surface area (Å²) in [6.45, 7) is 0. The summed E-state index contributed by atoms with van der Waals surface area (Å²) in [5.74, 6) is -0.917. The summed E-state index contributed by atoms with van der Waals surface area (Å²) in [5.41, 5.74) is 5.05. The highest BCUT2D eigenvalue weighted by atomic mass is 16.4. The summed E-state index contributed by atoms with van der Waals surface area (Å²) in [6, 6.07) is 39.6. The molecule has 2 N–H and O–H groups in total. The summed E-state index contributed by atoms with van der Waals surface area (Å²) >= 11 is 0. The zero-order valence-electron chi connectivity index (χ0n) is 18.7. The van der Waals surface area contributed by atoms with Crippen molar-refractivity contribution < 1.29 is 9.90 Å². The molecule has 0 aliphatic carbocycles. The van der Waals surface area contributed by atoms with E-state index in [1.165, 1.54) is 0 Å². The van der Waals surface area contributed by atoms with Crippen LogP contribution in [0.3, 0.4) is 0 Å². The first-order valence-electron chi connectivity index (χ1n) is 11.4. The number of anilines is 2. The molecule has 5 rings (SSSR count). The number of carbonyl (C=O) groups is 1. The Bertz CT molecular complexity index is 1270. The van der Waals surface area contributed by atoms with Crippen LogP contribution in [0.4, 0.5) is 11.4 Å². The Hall–Kier alpha value is -4.31. The molecule has 0 fully saturated rings. The maximum atomic E-state index is 12.8. The van der Waals surface area contributed by atoms with E-state index in [2.05, 4.69) is 34.5 Å². The predicted molar refractivity (Wildman–Crippen MR) is 137 cm³/mol. The summed E-state index contributed by atoms with van der Waals surface area (Å²) in [4.78, 5) is 15.1.